The van der Waals surface area contributed by atoms with Gasteiger partial charge < -0.3 is 15.7 Å². The molecule has 19 heavy (non-hydrogen) atoms. The molecule has 2 atom stereocenters. The van der Waals surface area contributed by atoms with E-state index in [1.807, 2.05) is 30.3 Å². The van der Waals surface area contributed by atoms with Crippen LogP contribution in [0, 0.1) is 5.92 Å². The van der Waals surface area contributed by atoms with Gasteiger partial charge in [0.05, 0.1) is 5.92 Å². The normalized spacial score (nSPS) is 20.2. The van der Waals surface area contributed by atoms with Crippen LogP contribution in [0.25, 0.3) is 0 Å². The molecule has 0 saturated carbocycles. The Bertz CT molecular complexity index is 388. The molecule has 2 rings (SSSR count). The summed E-state index contributed by atoms with van der Waals surface area (Å²) in [5, 5.41) is 15.4. The van der Waals surface area contributed by atoms with Gasteiger partial charge in [0.25, 0.3) is 0 Å². The average Bonchev–Trinajstić information content (AvgIpc) is 2.98. The molecule has 0 aromatic heterocycles. The van der Waals surface area contributed by atoms with Crippen molar-refractivity contribution < 1.29 is 9.90 Å². The van der Waals surface area contributed by atoms with Gasteiger partial charge in [0.15, 0.2) is 0 Å². The second-order valence-corrected chi connectivity index (χ2v) is 5.05. The molecule has 1 saturated heterocycles. The number of nitrogens with one attached hydrogen (secondary N) is 2. The molecule has 0 unspecified atom stereocenters. The van der Waals surface area contributed by atoms with Crippen molar-refractivity contribution in [2.24, 2.45) is 5.92 Å². The highest BCUT2D eigenvalue weighted by Gasteiger charge is 2.23. The quantitative estimate of drug-likeness (QED) is 0.713. The van der Waals surface area contributed by atoms with Crippen LogP contribution >= 0.6 is 0 Å². The van der Waals surface area contributed by atoms with E-state index in [1.54, 1.807) is 0 Å². The number of rotatable bonds is 6. The molecule has 0 bridgehead atoms. The van der Waals surface area contributed by atoms with E-state index in [9.17, 15) is 4.79 Å². The molecule has 0 spiro atoms. The molecule has 4 nitrogen and oxygen atoms in total. The Hall–Kier alpha value is -1.39. The largest absolute Gasteiger partial charge is 0.396 e. The van der Waals surface area contributed by atoms with Crippen LogP contribution in [0.2, 0.25) is 0 Å². The summed E-state index contributed by atoms with van der Waals surface area (Å²) < 4.78 is 0. The summed E-state index contributed by atoms with van der Waals surface area (Å²) in [6.07, 6.45) is 1.59. The van der Waals surface area contributed by atoms with E-state index in [0.717, 1.165) is 19.5 Å². The Balaban J connectivity index is 1.88. The minimum absolute atomic E-state index is 0.102. The van der Waals surface area contributed by atoms with Gasteiger partial charge in [0, 0.05) is 25.6 Å². The van der Waals surface area contributed by atoms with Gasteiger partial charge in [-0.05, 0) is 24.9 Å². The highest BCUT2D eigenvalue weighted by molar-refractivity contribution is 5.79. The van der Waals surface area contributed by atoms with Crippen LogP contribution in [0.1, 0.15) is 24.3 Å². The first-order valence-corrected chi connectivity index (χ1v) is 6.95. The second kappa shape index (κ2) is 7.26. The van der Waals surface area contributed by atoms with E-state index in [4.69, 9.17) is 5.11 Å². The van der Waals surface area contributed by atoms with Crippen molar-refractivity contribution in [2.45, 2.75) is 18.8 Å². The first-order chi connectivity index (χ1) is 9.31. The van der Waals surface area contributed by atoms with Gasteiger partial charge in [-0.1, -0.05) is 30.3 Å². The van der Waals surface area contributed by atoms with E-state index < -0.39 is 0 Å². The lowest BCUT2D eigenvalue weighted by molar-refractivity contribution is -0.124. The number of aliphatic hydroxyl groups is 1. The molecule has 3 N–H and O–H groups in total. The average molecular weight is 262 g/mol. The van der Waals surface area contributed by atoms with Crippen molar-refractivity contribution in [2.75, 3.05) is 26.2 Å². The SMILES string of the molecule is O=C(NC[C@@H](CCO)c1ccccc1)[C@@H]1CCNC1. The van der Waals surface area contributed by atoms with Crippen molar-refractivity contribution in [3.8, 4) is 0 Å². The standard InChI is InChI=1S/C15H22N2O2/c18-9-7-13(12-4-2-1-3-5-12)11-17-15(19)14-6-8-16-10-14/h1-5,13-14,16,18H,6-11H2,(H,17,19)/t13-,14-/m1/s1. The van der Waals surface area contributed by atoms with Gasteiger partial charge in [0.2, 0.25) is 5.91 Å². The minimum Gasteiger partial charge on any atom is -0.396 e. The van der Waals surface area contributed by atoms with Gasteiger partial charge >= 0.3 is 0 Å². The highest BCUT2D eigenvalue weighted by Crippen LogP contribution is 2.18. The molecule has 1 aromatic carbocycles. The zero-order chi connectivity index (χ0) is 13.5. The fourth-order valence-corrected chi connectivity index (χ4v) is 2.51. The summed E-state index contributed by atoms with van der Waals surface area (Å²) >= 11 is 0. The van der Waals surface area contributed by atoms with Gasteiger partial charge in [-0.25, -0.2) is 0 Å². The first kappa shape index (κ1) is 14.0. The summed E-state index contributed by atoms with van der Waals surface area (Å²) in [6.45, 7) is 2.44. The Morgan fingerprint density at radius 1 is 1.42 bits per heavy atom. The molecule has 1 aromatic rings. The number of aliphatic hydroxyl groups excluding tert-OH is 1. The van der Waals surface area contributed by atoms with E-state index in [-0.39, 0.29) is 24.3 Å². The Morgan fingerprint density at radius 3 is 2.84 bits per heavy atom. The lowest BCUT2D eigenvalue weighted by atomic mass is 9.95. The smallest absolute Gasteiger partial charge is 0.224 e. The Morgan fingerprint density at radius 2 is 2.21 bits per heavy atom. The third-order valence-electron chi connectivity index (χ3n) is 3.70. The molecular formula is C15H22N2O2. The van der Waals surface area contributed by atoms with E-state index in [0.29, 0.717) is 13.0 Å². The van der Waals surface area contributed by atoms with Gasteiger partial charge in [-0.15, -0.1) is 0 Å². The van der Waals surface area contributed by atoms with Gasteiger partial charge in [-0.3, -0.25) is 4.79 Å². The maximum atomic E-state index is 12.0. The molecular weight excluding hydrogens is 240 g/mol. The Kier molecular flexibility index (Phi) is 5.36. The molecule has 4 heteroatoms. The predicted molar refractivity (Wildman–Crippen MR) is 74.9 cm³/mol. The minimum atomic E-state index is 0.102. The zero-order valence-corrected chi connectivity index (χ0v) is 11.1. The number of hydrogen-bond donors (Lipinski definition) is 3. The number of carbonyl (C=O) groups excluding carboxylic acids is 1. The van der Waals surface area contributed by atoms with Crippen LogP contribution < -0.4 is 10.6 Å². The lowest BCUT2D eigenvalue weighted by Crippen LogP contribution is -2.35. The second-order valence-electron chi connectivity index (χ2n) is 5.05. The maximum Gasteiger partial charge on any atom is 0.224 e. The van der Waals surface area contributed by atoms with Crippen molar-refractivity contribution in [3.63, 3.8) is 0 Å². The van der Waals surface area contributed by atoms with Crippen LogP contribution in [0.3, 0.4) is 0 Å². The molecule has 1 heterocycles. The van der Waals surface area contributed by atoms with Crippen LogP contribution in [0.5, 0.6) is 0 Å². The monoisotopic (exact) mass is 262 g/mol. The van der Waals surface area contributed by atoms with Crippen molar-refractivity contribution in [1.29, 1.82) is 0 Å². The maximum absolute atomic E-state index is 12.0. The predicted octanol–water partition coefficient (Wildman–Crippen LogP) is 0.878. The number of carbonyl (C=O) groups is 1. The van der Waals surface area contributed by atoms with Crippen molar-refractivity contribution in [1.82, 2.24) is 10.6 Å². The van der Waals surface area contributed by atoms with Gasteiger partial charge in [0.1, 0.15) is 0 Å². The molecule has 0 aliphatic carbocycles. The summed E-state index contributed by atoms with van der Waals surface area (Å²) in [6, 6.07) is 10.0. The molecule has 1 aliphatic heterocycles. The molecule has 104 valence electrons. The van der Waals surface area contributed by atoms with Gasteiger partial charge in [-0.2, -0.15) is 0 Å². The van der Waals surface area contributed by atoms with Crippen molar-refractivity contribution in [3.05, 3.63) is 35.9 Å². The van der Waals surface area contributed by atoms with Crippen LogP contribution in [0.4, 0.5) is 0 Å². The number of amides is 1. The van der Waals surface area contributed by atoms with Crippen LogP contribution in [-0.2, 0) is 4.79 Å². The third kappa shape index (κ3) is 4.04. The molecule has 0 radical (unpaired) electrons. The third-order valence-corrected chi connectivity index (χ3v) is 3.70. The van der Waals surface area contributed by atoms with Crippen molar-refractivity contribution >= 4 is 5.91 Å². The number of hydrogen-bond acceptors (Lipinski definition) is 3. The zero-order valence-electron chi connectivity index (χ0n) is 11.1. The lowest BCUT2D eigenvalue weighted by Gasteiger charge is -2.18. The van der Waals surface area contributed by atoms with Crippen LogP contribution in [-0.4, -0.2) is 37.3 Å². The number of benzene rings is 1. The molecule has 1 aliphatic rings. The topological polar surface area (TPSA) is 61.4 Å². The van der Waals surface area contributed by atoms with E-state index in [2.05, 4.69) is 10.6 Å². The summed E-state index contributed by atoms with van der Waals surface area (Å²) in [4.78, 5) is 12.0. The summed E-state index contributed by atoms with van der Waals surface area (Å²) in [5.74, 6) is 0.416. The summed E-state index contributed by atoms with van der Waals surface area (Å²) in [7, 11) is 0. The van der Waals surface area contributed by atoms with Crippen LogP contribution in [0.15, 0.2) is 30.3 Å². The van der Waals surface area contributed by atoms with E-state index in [1.165, 1.54) is 5.56 Å². The first-order valence-electron chi connectivity index (χ1n) is 6.95. The highest BCUT2D eigenvalue weighted by atomic mass is 16.3. The fraction of sp³-hybridized carbons (Fsp3) is 0.533. The molecule has 1 fully saturated rings. The summed E-state index contributed by atoms with van der Waals surface area (Å²) in [5.41, 5.74) is 1.17. The Labute approximate surface area is 114 Å². The fourth-order valence-electron chi connectivity index (χ4n) is 2.51. The molecule has 1 amide bonds. The van der Waals surface area contributed by atoms with E-state index >= 15 is 0 Å².